The van der Waals surface area contributed by atoms with Crippen molar-refractivity contribution < 1.29 is 0 Å². The van der Waals surface area contributed by atoms with Crippen LogP contribution in [0.4, 0.5) is 0 Å². The molecule has 1 nitrogen and oxygen atoms in total. The van der Waals surface area contributed by atoms with Crippen LogP contribution in [0.1, 0.15) is 13.8 Å². The third-order valence-corrected chi connectivity index (χ3v) is 4.45. The highest BCUT2D eigenvalue weighted by atomic mass is 127. The predicted molar refractivity (Wildman–Crippen MR) is 82.7 cm³/mol. The average Bonchev–Trinajstić information content (AvgIpc) is 2.30. The maximum absolute atomic E-state index is 3.61. The van der Waals surface area contributed by atoms with Crippen LogP contribution in [0.5, 0.6) is 0 Å². The van der Waals surface area contributed by atoms with E-state index in [0.29, 0.717) is 6.04 Å². The molecule has 0 fully saturated rings. The summed E-state index contributed by atoms with van der Waals surface area (Å²) in [5.74, 6) is 1.86. The first kappa shape index (κ1) is 14.3. The number of nitrogens with one attached hydrogen (secondary N) is 1. The van der Waals surface area contributed by atoms with Crippen LogP contribution >= 0.6 is 34.4 Å². The second kappa shape index (κ2) is 8.37. The van der Waals surface area contributed by atoms with Gasteiger partial charge in [0.05, 0.1) is 0 Å². The number of halogens is 1. The predicted octanol–water partition coefficient (Wildman–Crippen LogP) is 3.83. The fourth-order valence-corrected chi connectivity index (χ4v) is 3.53. The van der Waals surface area contributed by atoms with Gasteiger partial charge in [-0.15, -0.1) is 11.8 Å². The zero-order valence-corrected chi connectivity index (χ0v) is 12.9. The molecular weight excluding hydrogens is 329 g/mol. The number of hydrogen-bond donors (Lipinski definition) is 1. The van der Waals surface area contributed by atoms with Crippen molar-refractivity contribution in [3.8, 4) is 0 Å². The molecule has 1 unspecified atom stereocenters. The van der Waals surface area contributed by atoms with Gasteiger partial charge in [0.1, 0.15) is 0 Å². The van der Waals surface area contributed by atoms with Gasteiger partial charge >= 0.3 is 0 Å². The van der Waals surface area contributed by atoms with Gasteiger partial charge in [0.15, 0.2) is 0 Å². The van der Waals surface area contributed by atoms with Crippen LogP contribution in [0.3, 0.4) is 0 Å². The lowest BCUT2D eigenvalue weighted by Crippen LogP contribution is -2.36. The van der Waals surface area contributed by atoms with E-state index in [2.05, 4.69) is 72.1 Å². The summed E-state index contributed by atoms with van der Waals surface area (Å²) in [6.07, 6.45) is 0. The Morgan fingerprint density at radius 3 is 2.50 bits per heavy atom. The van der Waals surface area contributed by atoms with Crippen molar-refractivity contribution in [3.05, 3.63) is 30.3 Å². The molecule has 3 heteroatoms. The Morgan fingerprint density at radius 2 is 1.94 bits per heavy atom. The van der Waals surface area contributed by atoms with Crippen LogP contribution in [0.25, 0.3) is 0 Å². The molecule has 90 valence electrons. The number of thioether (sulfide) groups is 1. The summed E-state index contributed by atoms with van der Waals surface area (Å²) in [6, 6.07) is 11.2. The van der Waals surface area contributed by atoms with Gasteiger partial charge in [0.25, 0.3) is 0 Å². The van der Waals surface area contributed by atoms with Crippen molar-refractivity contribution in [2.75, 3.05) is 16.7 Å². The van der Waals surface area contributed by atoms with Crippen molar-refractivity contribution in [1.29, 1.82) is 0 Å². The quantitative estimate of drug-likeness (QED) is 0.348. The number of rotatable bonds is 7. The van der Waals surface area contributed by atoms with Gasteiger partial charge in [0.2, 0.25) is 0 Å². The Balaban J connectivity index is 2.16. The highest BCUT2D eigenvalue weighted by Gasteiger charge is 2.09. The van der Waals surface area contributed by atoms with Crippen molar-refractivity contribution >= 4 is 34.4 Å². The number of hydrogen-bond acceptors (Lipinski definition) is 2. The van der Waals surface area contributed by atoms with Crippen LogP contribution in [-0.2, 0) is 0 Å². The fourth-order valence-electron chi connectivity index (χ4n) is 1.40. The summed E-state index contributed by atoms with van der Waals surface area (Å²) in [5.41, 5.74) is 0. The second-order valence-corrected chi connectivity index (χ2v) is 6.17. The minimum absolute atomic E-state index is 0.650. The molecule has 0 spiro atoms. The molecule has 1 aromatic rings. The van der Waals surface area contributed by atoms with Crippen molar-refractivity contribution in [3.63, 3.8) is 0 Å². The SMILES string of the molecule is CC(C)C(CI)NCCSc1ccccc1. The van der Waals surface area contributed by atoms with Gasteiger partial charge in [-0.3, -0.25) is 0 Å². The lowest BCUT2D eigenvalue weighted by Gasteiger charge is -2.19. The molecule has 0 aliphatic carbocycles. The van der Waals surface area contributed by atoms with Gasteiger partial charge in [-0.25, -0.2) is 0 Å². The lowest BCUT2D eigenvalue weighted by molar-refractivity contribution is 0.449. The molecule has 1 aromatic carbocycles. The zero-order valence-electron chi connectivity index (χ0n) is 9.95. The summed E-state index contributed by atoms with van der Waals surface area (Å²) in [4.78, 5) is 1.36. The molecule has 0 amide bonds. The Bertz CT molecular complexity index is 277. The summed E-state index contributed by atoms with van der Waals surface area (Å²) in [5, 5.41) is 3.61. The van der Waals surface area contributed by atoms with E-state index >= 15 is 0 Å². The van der Waals surface area contributed by atoms with Gasteiger partial charge in [0, 0.05) is 27.7 Å². The van der Waals surface area contributed by atoms with E-state index in [0.717, 1.165) is 18.2 Å². The molecule has 16 heavy (non-hydrogen) atoms. The van der Waals surface area contributed by atoms with Crippen LogP contribution in [-0.4, -0.2) is 22.8 Å². The first-order chi connectivity index (χ1) is 7.74. The third-order valence-electron chi connectivity index (χ3n) is 2.49. The smallest absolute Gasteiger partial charge is 0.0180 e. The molecule has 0 saturated heterocycles. The number of alkyl halides is 1. The average molecular weight is 349 g/mol. The van der Waals surface area contributed by atoms with Crippen LogP contribution < -0.4 is 5.32 Å². The maximum Gasteiger partial charge on any atom is 0.0180 e. The molecule has 0 radical (unpaired) electrons. The van der Waals surface area contributed by atoms with Crippen molar-refractivity contribution in [1.82, 2.24) is 5.32 Å². The molecule has 1 atom stereocenters. The maximum atomic E-state index is 3.61. The van der Waals surface area contributed by atoms with Gasteiger partial charge < -0.3 is 5.32 Å². The highest BCUT2D eigenvalue weighted by molar-refractivity contribution is 14.1. The van der Waals surface area contributed by atoms with E-state index in [1.807, 2.05) is 11.8 Å². The standard InChI is InChI=1S/C13H20INS/c1-11(2)13(10-14)15-8-9-16-12-6-4-3-5-7-12/h3-7,11,13,15H,8-10H2,1-2H3. The van der Waals surface area contributed by atoms with Gasteiger partial charge in [-0.1, -0.05) is 54.6 Å². The molecule has 0 aliphatic rings. The van der Waals surface area contributed by atoms with E-state index in [9.17, 15) is 0 Å². The Morgan fingerprint density at radius 1 is 1.25 bits per heavy atom. The first-order valence-corrected chi connectivity index (χ1v) is 8.22. The largest absolute Gasteiger partial charge is 0.312 e. The summed E-state index contributed by atoms with van der Waals surface area (Å²) < 4.78 is 1.19. The van der Waals surface area contributed by atoms with E-state index in [1.165, 1.54) is 9.32 Å². The fraction of sp³-hybridized carbons (Fsp3) is 0.538. The summed E-state index contributed by atoms with van der Waals surface area (Å²) in [7, 11) is 0. The Kier molecular flexibility index (Phi) is 7.49. The monoisotopic (exact) mass is 349 g/mol. The second-order valence-electron chi connectivity index (χ2n) is 4.12. The summed E-state index contributed by atoms with van der Waals surface area (Å²) in [6.45, 7) is 5.65. The molecular formula is C13H20INS. The van der Waals surface area contributed by atoms with E-state index in [4.69, 9.17) is 0 Å². The zero-order chi connectivity index (χ0) is 11.8. The van der Waals surface area contributed by atoms with Crippen molar-refractivity contribution in [2.24, 2.45) is 5.92 Å². The Hall–Kier alpha value is 0.260. The van der Waals surface area contributed by atoms with E-state index in [-0.39, 0.29) is 0 Å². The van der Waals surface area contributed by atoms with E-state index < -0.39 is 0 Å². The third kappa shape index (κ3) is 5.55. The minimum Gasteiger partial charge on any atom is -0.312 e. The van der Waals surface area contributed by atoms with Crippen LogP contribution in [0, 0.1) is 5.92 Å². The van der Waals surface area contributed by atoms with Crippen LogP contribution in [0.15, 0.2) is 35.2 Å². The molecule has 0 bridgehead atoms. The van der Waals surface area contributed by atoms with E-state index in [1.54, 1.807) is 0 Å². The lowest BCUT2D eigenvalue weighted by atomic mass is 10.1. The topological polar surface area (TPSA) is 12.0 Å². The highest BCUT2D eigenvalue weighted by Crippen LogP contribution is 2.16. The van der Waals surface area contributed by atoms with Gasteiger partial charge in [-0.2, -0.15) is 0 Å². The van der Waals surface area contributed by atoms with Gasteiger partial charge in [-0.05, 0) is 18.1 Å². The minimum atomic E-state index is 0.650. The molecule has 0 heterocycles. The normalized spacial score (nSPS) is 13.0. The Labute approximate surface area is 117 Å². The first-order valence-electron chi connectivity index (χ1n) is 5.71. The molecule has 1 N–H and O–H groups in total. The van der Waals surface area contributed by atoms with Crippen molar-refractivity contribution in [2.45, 2.75) is 24.8 Å². The molecule has 0 aliphatic heterocycles. The molecule has 0 aromatic heterocycles. The number of benzene rings is 1. The molecule has 0 saturated carbocycles. The molecule has 1 rings (SSSR count). The van der Waals surface area contributed by atoms with Crippen LogP contribution in [0.2, 0.25) is 0 Å². The summed E-state index contributed by atoms with van der Waals surface area (Å²) >= 11 is 4.38.